The van der Waals surface area contributed by atoms with E-state index in [0.717, 1.165) is 12.6 Å². The molecule has 0 aliphatic carbocycles. The molecule has 0 radical (unpaired) electrons. The molecule has 0 aromatic rings. The van der Waals surface area contributed by atoms with E-state index in [1.807, 2.05) is 0 Å². The highest BCUT2D eigenvalue weighted by Gasteiger charge is 2.18. The molecule has 1 rings (SSSR count). The van der Waals surface area contributed by atoms with Crippen molar-refractivity contribution in [2.75, 3.05) is 13.6 Å². The number of likely N-dealkylation sites (N-methyl/N-ethyl adjacent to an activating group) is 1. The van der Waals surface area contributed by atoms with Crippen molar-refractivity contribution in [1.29, 1.82) is 0 Å². The number of likely N-dealkylation sites (tertiary alicyclic amines) is 1. The van der Waals surface area contributed by atoms with E-state index < -0.39 is 0 Å². The zero-order valence-electron chi connectivity index (χ0n) is 6.30. The van der Waals surface area contributed by atoms with E-state index in [2.05, 4.69) is 18.9 Å². The number of piperidine rings is 1. The summed E-state index contributed by atoms with van der Waals surface area (Å²) in [5.74, 6) is 0. The fourth-order valence-electron chi connectivity index (χ4n) is 1.32. The van der Waals surface area contributed by atoms with Crippen LogP contribution in [0.1, 0.15) is 19.8 Å². The topological polar surface area (TPSA) is 29.3 Å². The summed E-state index contributed by atoms with van der Waals surface area (Å²) in [6.07, 6.45) is 2.46. The monoisotopic (exact) mass is 128 g/mol. The van der Waals surface area contributed by atoms with Crippen LogP contribution in [0.3, 0.4) is 0 Å². The molecule has 1 fully saturated rings. The van der Waals surface area contributed by atoms with Crippen LogP contribution < -0.4 is 5.73 Å². The molecule has 2 N–H and O–H groups in total. The molecular weight excluding hydrogens is 112 g/mol. The van der Waals surface area contributed by atoms with Gasteiger partial charge in [0.15, 0.2) is 0 Å². The summed E-state index contributed by atoms with van der Waals surface area (Å²) in [5, 5.41) is 0. The standard InChI is InChI=1S/C7H16N2/c1-6-3-4-7(8)5-9(6)2/h6-7H,3-5,8H2,1-2H3/t6?,7-/m0/s1. The first-order valence-corrected chi connectivity index (χ1v) is 3.66. The molecule has 0 aromatic carbocycles. The molecule has 0 amide bonds. The van der Waals surface area contributed by atoms with E-state index in [9.17, 15) is 0 Å². The summed E-state index contributed by atoms with van der Waals surface area (Å²) in [6.45, 7) is 3.33. The number of rotatable bonds is 0. The number of hydrogen-bond donors (Lipinski definition) is 1. The van der Waals surface area contributed by atoms with Gasteiger partial charge >= 0.3 is 0 Å². The zero-order valence-corrected chi connectivity index (χ0v) is 6.30. The summed E-state index contributed by atoms with van der Waals surface area (Å²) in [5.41, 5.74) is 5.75. The first kappa shape index (κ1) is 7.03. The fraction of sp³-hybridized carbons (Fsp3) is 1.00. The quantitative estimate of drug-likeness (QED) is 0.512. The van der Waals surface area contributed by atoms with E-state index in [4.69, 9.17) is 5.73 Å². The first-order valence-electron chi connectivity index (χ1n) is 3.66. The van der Waals surface area contributed by atoms with Crippen molar-refractivity contribution in [2.45, 2.75) is 31.8 Å². The van der Waals surface area contributed by atoms with E-state index >= 15 is 0 Å². The van der Waals surface area contributed by atoms with Crippen molar-refractivity contribution in [1.82, 2.24) is 4.90 Å². The fourth-order valence-corrected chi connectivity index (χ4v) is 1.32. The van der Waals surface area contributed by atoms with Crippen LogP contribution in [0, 0.1) is 0 Å². The van der Waals surface area contributed by atoms with E-state index in [-0.39, 0.29) is 0 Å². The molecule has 0 saturated carbocycles. The van der Waals surface area contributed by atoms with Crippen molar-refractivity contribution in [3.05, 3.63) is 0 Å². The minimum atomic E-state index is 0.422. The highest BCUT2D eigenvalue weighted by Crippen LogP contribution is 2.12. The van der Waals surface area contributed by atoms with Gasteiger partial charge in [-0.25, -0.2) is 0 Å². The van der Waals surface area contributed by atoms with Gasteiger partial charge in [0.1, 0.15) is 0 Å². The van der Waals surface area contributed by atoms with Gasteiger partial charge < -0.3 is 10.6 Å². The Hall–Kier alpha value is -0.0800. The van der Waals surface area contributed by atoms with Crippen LogP contribution in [0.4, 0.5) is 0 Å². The molecule has 2 nitrogen and oxygen atoms in total. The van der Waals surface area contributed by atoms with Crippen molar-refractivity contribution in [2.24, 2.45) is 5.73 Å². The second-order valence-electron chi connectivity index (χ2n) is 3.13. The third-order valence-electron chi connectivity index (χ3n) is 2.23. The average Bonchev–Trinajstić information content (AvgIpc) is 1.80. The molecule has 2 atom stereocenters. The average molecular weight is 128 g/mol. The molecule has 0 aromatic heterocycles. The third-order valence-corrected chi connectivity index (χ3v) is 2.23. The first-order chi connectivity index (χ1) is 4.20. The summed E-state index contributed by atoms with van der Waals surface area (Å²) in [7, 11) is 2.14. The second-order valence-corrected chi connectivity index (χ2v) is 3.13. The van der Waals surface area contributed by atoms with Gasteiger partial charge in [0.25, 0.3) is 0 Å². The minimum absolute atomic E-state index is 0.422. The third kappa shape index (κ3) is 1.66. The zero-order chi connectivity index (χ0) is 6.85. The Morgan fingerprint density at radius 1 is 1.44 bits per heavy atom. The van der Waals surface area contributed by atoms with Crippen LogP contribution in [-0.4, -0.2) is 30.6 Å². The van der Waals surface area contributed by atoms with Crippen LogP contribution >= 0.6 is 0 Å². The van der Waals surface area contributed by atoms with Gasteiger partial charge in [0.2, 0.25) is 0 Å². The lowest BCUT2D eigenvalue weighted by Gasteiger charge is -2.33. The van der Waals surface area contributed by atoms with Crippen LogP contribution in [0.2, 0.25) is 0 Å². The Balaban J connectivity index is 2.35. The summed E-state index contributed by atoms with van der Waals surface area (Å²) in [6, 6.07) is 1.16. The predicted molar refractivity (Wildman–Crippen MR) is 39.3 cm³/mol. The highest BCUT2D eigenvalue weighted by molar-refractivity contribution is 4.77. The number of hydrogen-bond acceptors (Lipinski definition) is 2. The van der Waals surface area contributed by atoms with Crippen molar-refractivity contribution < 1.29 is 0 Å². The Bertz CT molecular complexity index is 92.9. The lowest BCUT2D eigenvalue weighted by Crippen LogP contribution is -2.45. The van der Waals surface area contributed by atoms with Crippen molar-refractivity contribution in [3.8, 4) is 0 Å². The van der Waals surface area contributed by atoms with Gasteiger partial charge in [-0.05, 0) is 26.8 Å². The molecule has 9 heavy (non-hydrogen) atoms. The molecule has 1 unspecified atom stereocenters. The Labute approximate surface area is 57.0 Å². The largest absolute Gasteiger partial charge is 0.327 e. The lowest BCUT2D eigenvalue weighted by atomic mass is 10.0. The highest BCUT2D eigenvalue weighted by atomic mass is 15.1. The molecule has 1 heterocycles. The maximum Gasteiger partial charge on any atom is 0.0168 e. The molecule has 0 bridgehead atoms. The Kier molecular flexibility index (Phi) is 2.09. The van der Waals surface area contributed by atoms with E-state index in [1.54, 1.807) is 0 Å². The van der Waals surface area contributed by atoms with Gasteiger partial charge in [-0.15, -0.1) is 0 Å². The van der Waals surface area contributed by atoms with Gasteiger partial charge in [-0.1, -0.05) is 0 Å². The summed E-state index contributed by atoms with van der Waals surface area (Å²) in [4.78, 5) is 2.33. The normalized spacial score (nSPS) is 39.0. The SMILES string of the molecule is CC1CC[C@H](N)CN1C. The molecule has 54 valence electrons. The Morgan fingerprint density at radius 2 is 2.11 bits per heavy atom. The molecule has 1 saturated heterocycles. The van der Waals surface area contributed by atoms with Gasteiger partial charge in [0, 0.05) is 18.6 Å². The predicted octanol–water partition coefficient (Wildman–Crippen LogP) is 0.428. The molecular formula is C7H16N2. The smallest absolute Gasteiger partial charge is 0.0168 e. The number of nitrogens with two attached hydrogens (primary N) is 1. The maximum atomic E-state index is 5.75. The van der Waals surface area contributed by atoms with Crippen LogP contribution in [0.5, 0.6) is 0 Å². The number of nitrogens with zero attached hydrogens (tertiary/aromatic N) is 1. The molecule has 1 aliphatic rings. The van der Waals surface area contributed by atoms with Gasteiger partial charge in [-0.3, -0.25) is 0 Å². The minimum Gasteiger partial charge on any atom is -0.327 e. The van der Waals surface area contributed by atoms with Crippen LogP contribution in [0.15, 0.2) is 0 Å². The molecule has 1 aliphatic heterocycles. The second kappa shape index (κ2) is 2.67. The lowest BCUT2D eigenvalue weighted by molar-refractivity contribution is 0.182. The van der Waals surface area contributed by atoms with Crippen LogP contribution in [-0.2, 0) is 0 Å². The van der Waals surface area contributed by atoms with Crippen LogP contribution in [0.25, 0.3) is 0 Å². The van der Waals surface area contributed by atoms with Gasteiger partial charge in [0.05, 0.1) is 0 Å². The molecule has 0 spiro atoms. The molecule has 2 heteroatoms. The summed E-state index contributed by atoms with van der Waals surface area (Å²) < 4.78 is 0. The van der Waals surface area contributed by atoms with Crippen molar-refractivity contribution >= 4 is 0 Å². The Morgan fingerprint density at radius 3 is 2.56 bits per heavy atom. The van der Waals surface area contributed by atoms with E-state index in [1.165, 1.54) is 12.8 Å². The summed E-state index contributed by atoms with van der Waals surface area (Å²) >= 11 is 0. The van der Waals surface area contributed by atoms with E-state index in [0.29, 0.717) is 6.04 Å². The van der Waals surface area contributed by atoms with Gasteiger partial charge in [-0.2, -0.15) is 0 Å². The van der Waals surface area contributed by atoms with Crippen molar-refractivity contribution in [3.63, 3.8) is 0 Å². The maximum absolute atomic E-state index is 5.75.